The summed E-state index contributed by atoms with van der Waals surface area (Å²) >= 11 is 5.90. The minimum Gasteiger partial charge on any atom is -0.368 e. The van der Waals surface area contributed by atoms with Crippen LogP contribution in [0.5, 0.6) is 0 Å². The van der Waals surface area contributed by atoms with Crippen molar-refractivity contribution in [2.45, 2.75) is 19.0 Å². The van der Waals surface area contributed by atoms with Gasteiger partial charge in [-0.05, 0) is 35.4 Å². The number of primary amides is 1. The summed E-state index contributed by atoms with van der Waals surface area (Å²) in [5.74, 6) is -0.355. The Bertz CT molecular complexity index is 1040. The summed E-state index contributed by atoms with van der Waals surface area (Å²) in [5, 5.41) is 0.624. The van der Waals surface area contributed by atoms with Crippen molar-refractivity contribution in [1.29, 1.82) is 0 Å². The van der Waals surface area contributed by atoms with Crippen LogP contribution in [-0.4, -0.2) is 32.7 Å². The Labute approximate surface area is 167 Å². The van der Waals surface area contributed by atoms with Crippen LogP contribution in [0.2, 0.25) is 5.02 Å². The van der Waals surface area contributed by atoms with E-state index in [-0.39, 0.29) is 5.91 Å². The Morgan fingerprint density at radius 1 is 1.00 bits per heavy atom. The van der Waals surface area contributed by atoms with Crippen molar-refractivity contribution in [3.8, 4) is 11.4 Å². The summed E-state index contributed by atoms with van der Waals surface area (Å²) in [6.45, 7) is 0.321. The molecule has 2 heterocycles. The van der Waals surface area contributed by atoms with Gasteiger partial charge < -0.3 is 10.6 Å². The zero-order chi connectivity index (χ0) is 19.7. The molecular formula is C21H17ClN4O2. The van der Waals surface area contributed by atoms with E-state index >= 15 is 0 Å². The molecule has 1 atom stereocenters. The number of nitrogens with zero attached hydrogens (tertiary/aromatic N) is 3. The van der Waals surface area contributed by atoms with Gasteiger partial charge in [-0.25, -0.2) is 9.97 Å². The molecule has 4 rings (SSSR count). The van der Waals surface area contributed by atoms with E-state index in [4.69, 9.17) is 17.3 Å². The van der Waals surface area contributed by atoms with Crippen molar-refractivity contribution < 1.29 is 9.59 Å². The molecule has 6 nitrogen and oxygen atoms in total. The third-order valence-electron chi connectivity index (χ3n) is 4.84. The number of nitrogens with two attached hydrogens (primary N) is 1. The average Bonchev–Trinajstić information content (AvgIpc) is 2.73. The molecule has 0 unspecified atom stereocenters. The number of hydrogen-bond donors (Lipinski definition) is 1. The number of fused-ring (bicyclic) bond motifs is 1. The van der Waals surface area contributed by atoms with E-state index in [0.29, 0.717) is 29.4 Å². The SMILES string of the molecule is NC(=O)[C@@H]1Cc2ccccc2CN1C(=O)c1cnc(-c2ccc(Cl)cc2)nc1. The van der Waals surface area contributed by atoms with E-state index in [9.17, 15) is 9.59 Å². The standard InChI is InChI=1S/C21H17ClN4O2/c22-17-7-5-13(6-8-17)20-24-10-16(11-25-20)21(28)26-12-15-4-2-1-3-14(15)9-18(26)19(23)27/h1-8,10-11,18H,9,12H2,(H2,23,27)/t18-/m0/s1. The summed E-state index contributed by atoms with van der Waals surface area (Å²) in [4.78, 5) is 35.1. The topological polar surface area (TPSA) is 89.2 Å². The maximum Gasteiger partial charge on any atom is 0.257 e. The van der Waals surface area contributed by atoms with Gasteiger partial charge in [-0.3, -0.25) is 9.59 Å². The Balaban J connectivity index is 1.61. The highest BCUT2D eigenvalue weighted by molar-refractivity contribution is 6.30. The number of carbonyl (C=O) groups is 2. The highest BCUT2D eigenvalue weighted by Gasteiger charge is 2.34. The third kappa shape index (κ3) is 3.46. The van der Waals surface area contributed by atoms with E-state index < -0.39 is 11.9 Å². The van der Waals surface area contributed by atoms with Gasteiger partial charge in [-0.15, -0.1) is 0 Å². The summed E-state index contributed by atoms with van der Waals surface area (Å²) in [7, 11) is 0. The van der Waals surface area contributed by atoms with Crippen LogP contribution in [0.4, 0.5) is 0 Å². The average molecular weight is 393 g/mol. The number of aromatic nitrogens is 2. The number of carbonyl (C=O) groups excluding carboxylic acids is 2. The molecule has 0 fully saturated rings. The van der Waals surface area contributed by atoms with Crippen LogP contribution >= 0.6 is 11.6 Å². The van der Waals surface area contributed by atoms with Gasteiger partial charge in [0.25, 0.3) is 5.91 Å². The van der Waals surface area contributed by atoms with E-state index in [2.05, 4.69) is 9.97 Å². The minimum absolute atomic E-state index is 0.309. The van der Waals surface area contributed by atoms with Crippen LogP contribution in [0, 0.1) is 0 Å². The predicted octanol–water partition coefficient (Wildman–Crippen LogP) is 2.85. The fourth-order valence-corrected chi connectivity index (χ4v) is 3.47. The second-order valence-electron chi connectivity index (χ2n) is 6.63. The smallest absolute Gasteiger partial charge is 0.257 e. The summed E-state index contributed by atoms with van der Waals surface area (Å²) in [6.07, 6.45) is 3.34. The number of benzene rings is 2. The normalized spacial score (nSPS) is 15.8. The monoisotopic (exact) mass is 392 g/mol. The molecule has 3 aromatic rings. The maximum atomic E-state index is 13.0. The van der Waals surface area contributed by atoms with E-state index in [0.717, 1.165) is 16.7 Å². The van der Waals surface area contributed by atoms with Crippen LogP contribution in [0.1, 0.15) is 21.5 Å². The zero-order valence-electron chi connectivity index (χ0n) is 14.9. The van der Waals surface area contributed by atoms with Gasteiger partial charge in [0.2, 0.25) is 5.91 Å². The zero-order valence-corrected chi connectivity index (χ0v) is 15.6. The van der Waals surface area contributed by atoms with Gasteiger partial charge in [0, 0.05) is 35.9 Å². The first-order valence-corrected chi connectivity index (χ1v) is 9.16. The molecule has 0 aliphatic carbocycles. The molecular weight excluding hydrogens is 376 g/mol. The highest BCUT2D eigenvalue weighted by Crippen LogP contribution is 2.25. The van der Waals surface area contributed by atoms with Crippen molar-refractivity contribution in [2.75, 3.05) is 0 Å². The van der Waals surface area contributed by atoms with Crippen molar-refractivity contribution in [3.05, 3.63) is 82.6 Å². The highest BCUT2D eigenvalue weighted by atomic mass is 35.5. The summed E-state index contributed by atoms with van der Waals surface area (Å²) in [5.41, 5.74) is 8.71. The molecule has 0 bridgehead atoms. The van der Waals surface area contributed by atoms with Crippen LogP contribution in [0.15, 0.2) is 60.9 Å². The van der Waals surface area contributed by atoms with Crippen molar-refractivity contribution in [2.24, 2.45) is 5.73 Å². The van der Waals surface area contributed by atoms with Gasteiger partial charge in [0.1, 0.15) is 6.04 Å². The molecule has 0 radical (unpaired) electrons. The fraction of sp³-hybridized carbons (Fsp3) is 0.143. The lowest BCUT2D eigenvalue weighted by Gasteiger charge is -2.35. The number of hydrogen-bond acceptors (Lipinski definition) is 4. The van der Waals surface area contributed by atoms with Crippen LogP contribution in [0.25, 0.3) is 11.4 Å². The number of halogens is 1. The largest absolute Gasteiger partial charge is 0.368 e. The molecule has 1 aromatic heterocycles. The van der Waals surface area contributed by atoms with Gasteiger partial charge in [0.05, 0.1) is 5.56 Å². The van der Waals surface area contributed by atoms with Crippen LogP contribution in [0.3, 0.4) is 0 Å². The van der Waals surface area contributed by atoms with Crippen LogP contribution in [-0.2, 0) is 17.8 Å². The molecule has 2 amide bonds. The Hall–Kier alpha value is -3.25. The molecule has 0 saturated carbocycles. The maximum absolute atomic E-state index is 13.0. The molecule has 0 saturated heterocycles. The predicted molar refractivity (Wildman–Crippen MR) is 105 cm³/mol. The minimum atomic E-state index is -0.696. The van der Waals surface area contributed by atoms with Gasteiger partial charge in [0.15, 0.2) is 5.82 Å². The lowest BCUT2D eigenvalue weighted by Crippen LogP contribution is -2.51. The Morgan fingerprint density at radius 2 is 1.64 bits per heavy atom. The second kappa shape index (κ2) is 7.40. The van der Waals surface area contributed by atoms with E-state index in [1.807, 2.05) is 36.4 Å². The van der Waals surface area contributed by atoms with Crippen LogP contribution < -0.4 is 5.73 Å². The summed E-state index contributed by atoms with van der Waals surface area (Å²) < 4.78 is 0. The van der Waals surface area contributed by atoms with Gasteiger partial charge in [-0.1, -0.05) is 35.9 Å². The molecule has 7 heteroatoms. The fourth-order valence-electron chi connectivity index (χ4n) is 3.34. The number of amides is 2. The quantitative estimate of drug-likeness (QED) is 0.742. The first-order chi connectivity index (χ1) is 13.5. The molecule has 28 heavy (non-hydrogen) atoms. The first kappa shape index (κ1) is 18.1. The van der Waals surface area contributed by atoms with Crippen molar-refractivity contribution in [1.82, 2.24) is 14.9 Å². The number of rotatable bonds is 3. The van der Waals surface area contributed by atoms with Gasteiger partial charge >= 0.3 is 0 Å². The Morgan fingerprint density at radius 3 is 2.29 bits per heavy atom. The van der Waals surface area contributed by atoms with Gasteiger partial charge in [-0.2, -0.15) is 0 Å². The Kier molecular flexibility index (Phi) is 4.79. The molecule has 1 aliphatic heterocycles. The lowest BCUT2D eigenvalue weighted by molar-refractivity contribution is -0.122. The lowest BCUT2D eigenvalue weighted by atomic mass is 9.93. The second-order valence-corrected chi connectivity index (χ2v) is 7.06. The molecule has 2 aromatic carbocycles. The molecule has 1 aliphatic rings. The summed E-state index contributed by atoms with van der Waals surface area (Å²) in [6, 6.07) is 14.2. The molecule has 2 N–H and O–H groups in total. The third-order valence-corrected chi connectivity index (χ3v) is 5.09. The molecule has 140 valence electrons. The van der Waals surface area contributed by atoms with Crippen molar-refractivity contribution >= 4 is 23.4 Å². The van der Waals surface area contributed by atoms with Crippen molar-refractivity contribution in [3.63, 3.8) is 0 Å². The first-order valence-electron chi connectivity index (χ1n) is 8.78. The molecule has 0 spiro atoms. The van der Waals surface area contributed by atoms with E-state index in [1.165, 1.54) is 17.3 Å². The van der Waals surface area contributed by atoms with E-state index in [1.54, 1.807) is 12.1 Å².